The maximum absolute atomic E-state index is 8.50. The molecule has 0 saturated carbocycles. The highest BCUT2D eigenvalue weighted by Crippen LogP contribution is 2.09. The van der Waals surface area contributed by atoms with E-state index in [0.29, 0.717) is 6.04 Å². The minimum atomic E-state index is 0.135. The molecule has 0 aliphatic heterocycles. The normalized spacial score (nSPS) is 20.0. The van der Waals surface area contributed by atoms with Crippen LogP contribution in [0.4, 0.5) is 0 Å². The minimum absolute atomic E-state index is 0.135. The van der Waals surface area contributed by atoms with Crippen molar-refractivity contribution in [1.82, 2.24) is 5.32 Å². The van der Waals surface area contributed by atoms with Crippen LogP contribution in [0.25, 0.3) is 0 Å². The van der Waals surface area contributed by atoms with Crippen molar-refractivity contribution in [2.75, 3.05) is 6.54 Å². The van der Waals surface area contributed by atoms with Crippen LogP contribution >= 0.6 is 0 Å². The SMILES string of the molecule is CC(C#N)CNC1CC=CC1. The van der Waals surface area contributed by atoms with E-state index in [1.165, 1.54) is 0 Å². The van der Waals surface area contributed by atoms with Crippen molar-refractivity contribution in [1.29, 1.82) is 5.26 Å². The molecule has 0 radical (unpaired) electrons. The van der Waals surface area contributed by atoms with Crippen molar-refractivity contribution >= 4 is 0 Å². The van der Waals surface area contributed by atoms with Gasteiger partial charge in [-0.2, -0.15) is 5.26 Å². The number of hydrogen-bond acceptors (Lipinski definition) is 2. The summed E-state index contributed by atoms with van der Waals surface area (Å²) in [5.41, 5.74) is 0. The predicted molar refractivity (Wildman–Crippen MR) is 44.9 cm³/mol. The van der Waals surface area contributed by atoms with E-state index < -0.39 is 0 Å². The van der Waals surface area contributed by atoms with Crippen LogP contribution in [0.2, 0.25) is 0 Å². The van der Waals surface area contributed by atoms with Crippen molar-refractivity contribution in [2.45, 2.75) is 25.8 Å². The molecule has 0 spiro atoms. The van der Waals surface area contributed by atoms with Crippen molar-refractivity contribution in [3.05, 3.63) is 12.2 Å². The van der Waals surface area contributed by atoms with Crippen LogP contribution in [-0.4, -0.2) is 12.6 Å². The molecule has 0 aromatic heterocycles. The predicted octanol–water partition coefficient (Wildman–Crippen LogP) is 1.45. The molecule has 11 heavy (non-hydrogen) atoms. The standard InChI is InChI=1S/C9H14N2/c1-8(6-10)7-11-9-4-2-3-5-9/h2-3,8-9,11H,4-5,7H2,1H3. The fraction of sp³-hybridized carbons (Fsp3) is 0.667. The van der Waals surface area contributed by atoms with E-state index in [1.807, 2.05) is 6.92 Å². The Hall–Kier alpha value is -0.810. The number of nitrogens with one attached hydrogen (secondary N) is 1. The summed E-state index contributed by atoms with van der Waals surface area (Å²) in [6, 6.07) is 2.79. The van der Waals surface area contributed by atoms with Gasteiger partial charge in [-0.15, -0.1) is 0 Å². The van der Waals surface area contributed by atoms with Crippen LogP contribution in [-0.2, 0) is 0 Å². The van der Waals surface area contributed by atoms with Crippen LogP contribution in [0.3, 0.4) is 0 Å². The molecule has 0 fully saturated rings. The van der Waals surface area contributed by atoms with E-state index >= 15 is 0 Å². The maximum Gasteiger partial charge on any atom is 0.0666 e. The zero-order valence-electron chi connectivity index (χ0n) is 6.88. The third-order valence-electron chi connectivity index (χ3n) is 1.94. The third-order valence-corrected chi connectivity index (χ3v) is 1.94. The molecule has 1 N–H and O–H groups in total. The number of nitriles is 1. The van der Waals surface area contributed by atoms with Gasteiger partial charge in [0.2, 0.25) is 0 Å². The second kappa shape index (κ2) is 4.15. The molecule has 2 heteroatoms. The summed E-state index contributed by atoms with van der Waals surface area (Å²) in [4.78, 5) is 0. The largest absolute Gasteiger partial charge is 0.312 e. The minimum Gasteiger partial charge on any atom is -0.312 e. The van der Waals surface area contributed by atoms with Gasteiger partial charge in [0.15, 0.2) is 0 Å². The first-order valence-electron chi connectivity index (χ1n) is 4.11. The number of rotatable bonds is 3. The van der Waals surface area contributed by atoms with E-state index in [9.17, 15) is 0 Å². The van der Waals surface area contributed by atoms with E-state index in [4.69, 9.17) is 5.26 Å². The van der Waals surface area contributed by atoms with Crippen molar-refractivity contribution in [3.63, 3.8) is 0 Å². The molecule has 1 unspecified atom stereocenters. The van der Waals surface area contributed by atoms with Gasteiger partial charge in [0.05, 0.1) is 12.0 Å². The highest BCUT2D eigenvalue weighted by atomic mass is 14.9. The molecule has 0 amide bonds. The smallest absolute Gasteiger partial charge is 0.0666 e. The van der Waals surface area contributed by atoms with Gasteiger partial charge in [0.25, 0.3) is 0 Å². The lowest BCUT2D eigenvalue weighted by atomic mass is 10.2. The monoisotopic (exact) mass is 150 g/mol. The Bertz CT molecular complexity index is 170. The van der Waals surface area contributed by atoms with Crippen LogP contribution in [0.1, 0.15) is 19.8 Å². The topological polar surface area (TPSA) is 35.8 Å². The maximum atomic E-state index is 8.50. The first-order chi connectivity index (χ1) is 5.33. The Kier molecular flexibility index (Phi) is 3.13. The van der Waals surface area contributed by atoms with Gasteiger partial charge in [0, 0.05) is 12.6 Å². The summed E-state index contributed by atoms with van der Waals surface area (Å²) >= 11 is 0. The van der Waals surface area contributed by atoms with E-state index in [1.54, 1.807) is 0 Å². The molecule has 2 nitrogen and oxygen atoms in total. The molecule has 1 aliphatic carbocycles. The zero-order chi connectivity index (χ0) is 8.10. The lowest BCUT2D eigenvalue weighted by molar-refractivity contribution is 0.503. The first kappa shape index (κ1) is 8.29. The summed E-state index contributed by atoms with van der Waals surface area (Å²) < 4.78 is 0. The summed E-state index contributed by atoms with van der Waals surface area (Å²) in [6.45, 7) is 2.76. The highest BCUT2D eigenvalue weighted by Gasteiger charge is 2.09. The van der Waals surface area contributed by atoms with Crippen molar-refractivity contribution in [3.8, 4) is 6.07 Å². The number of hydrogen-bond donors (Lipinski definition) is 1. The average molecular weight is 150 g/mol. The molecule has 0 aromatic rings. The van der Waals surface area contributed by atoms with Crippen molar-refractivity contribution in [2.24, 2.45) is 5.92 Å². The molecule has 60 valence electrons. The Balaban J connectivity index is 2.09. The molecule has 1 rings (SSSR count). The molecule has 0 saturated heterocycles. The number of nitrogens with zero attached hydrogens (tertiary/aromatic N) is 1. The van der Waals surface area contributed by atoms with Crippen LogP contribution in [0.5, 0.6) is 0 Å². The Morgan fingerprint density at radius 2 is 2.27 bits per heavy atom. The molecule has 0 bridgehead atoms. The second-order valence-corrected chi connectivity index (χ2v) is 3.08. The molecule has 1 aliphatic rings. The van der Waals surface area contributed by atoms with E-state index in [-0.39, 0.29) is 5.92 Å². The fourth-order valence-electron chi connectivity index (χ4n) is 1.17. The average Bonchev–Trinajstić information content (AvgIpc) is 2.52. The van der Waals surface area contributed by atoms with E-state index in [2.05, 4.69) is 23.5 Å². The van der Waals surface area contributed by atoms with Crippen LogP contribution in [0, 0.1) is 17.2 Å². The zero-order valence-corrected chi connectivity index (χ0v) is 6.88. The van der Waals surface area contributed by atoms with Gasteiger partial charge in [-0.1, -0.05) is 12.2 Å². The molecular weight excluding hydrogens is 136 g/mol. The van der Waals surface area contributed by atoms with E-state index in [0.717, 1.165) is 19.4 Å². The summed E-state index contributed by atoms with van der Waals surface area (Å²) in [5, 5.41) is 11.9. The summed E-state index contributed by atoms with van der Waals surface area (Å²) in [6.07, 6.45) is 6.62. The quantitative estimate of drug-likeness (QED) is 0.618. The molecule has 1 atom stereocenters. The van der Waals surface area contributed by atoms with Crippen LogP contribution < -0.4 is 5.32 Å². The first-order valence-corrected chi connectivity index (χ1v) is 4.11. The molecule has 0 aromatic carbocycles. The molecular formula is C9H14N2. The van der Waals surface area contributed by atoms with Gasteiger partial charge in [-0.05, 0) is 19.8 Å². The second-order valence-electron chi connectivity index (χ2n) is 3.08. The summed E-state index contributed by atoms with van der Waals surface area (Å²) in [7, 11) is 0. The van der Waals surface area contributed by atoms with Gasteiger partial charge in [-0.25, -0.2) is 0 Å². The van der Waals surface area contributed by atoms with Gasteiger partial charge in [-0.3, -0.25) is 0 Å². The third kappa shape index (κ3) is 2.73. The Morgan fingerprint density at radius 3 is 2.82 bits per heavy atom. The highest BCUT2D eigenvalue weighted by molar-refractivity contribution is 4.98. The lowest BCUT2D eigenvalue weighted by Gasteiger charge is -2.11. The Morgan fingerprint density at radius 1 is 1.64 bits per heavy atom. The van der Waals surface area contributed by atoms with Gasteiger partial charge in [0.1, 0.15) is 0 Å². The fourth-order valence-corrected chi connectivity index (χ4v) is 1.17. The van der Waals surface area contributed by atoms with Crippen molar-refractivity contribution < 1.29 is 0 Å². The molecule has 0 heterocycles. The van der Waals surface area contributed by atoms with Crippen LogP contribution in [0.15, 0.2) is 12.2 Å². The van der Waals surface area contributed by atoms with Gasteiger partial charge >= 0.3 is 0 Å². The van der Waals surface area contributed by atoms with Gasteiger partial charge < -0.3 is 5.32 Å². The Labute approximate surface area is 67.9 Å². The lowest BCUT2D eigenvalue weighted by Crippen LogP contribution is -2.30. The summed E-state index contributed by atoms with van der Waals surface area (Å²) in [5.74, 6) is 0.135.